The van der Waals surface area contributed by atoms with Crippen LogP contribution < -0.4 is 5.32 Å². The van der Waals surface area contributed by atoms with Crippen LogP contribution in [-0.2, 0) is 16.2 Å². The summed E-state index contributed by atoms with van der Waals surface area (Å²) < 4.78 is 71.9. The van der Waals surface area contributed by atoms with Gasteiger partial charge in [0.05, 0.1) is 5.56 Å². The predicted octanol–water partition coefficient (Wildman–Crippen LogP) is 4.25. The fourth-order valence-electron chi connectivity index (χ4n) is 2.69. The van der Waals surface area contributed by atoms with E-state index in [1.165, 1.54) is 0 Å². The molecule has 3 nitrogen and oxygen atoms in total. The average molecular weight is 351 g/mol. The minimum absolute atomic E-state index is 0.0374. The van der Waals surface area contributed by atoms with Crippen molar-refractivity contribution in [2.45, 2.75) is 38.8 Å². The first-order chi connectivity index (χ1) is 11.5. The highest BCUT2D eigenvalue weighted by molar-refractivity contribution is 5.91. The lowest BCUT2D eigenvalue weighted by Crippen LogP contribution is -2.18. The fourth-order valence-corrected chi connectivity index (χ4v) is 2.69. The van der Waals surface area contributed by atoms with Crippen LogP contribution in [0, 0.1) is 29.2 Å². The molecule has 2 rings (SSSR count). The van der Waals surface area contributed by atoms with Gasteiger partial charge < -0.3 is 10.1 Å². The molecule has 1 N–H and O–H groups in total. The molecule has 0 unspecified atom stereocenters. The smallest absolute Gasteiger partial charge is 0.224 e. The van der Waals surface area contributed by atoms with Crippen molar-refractivity contribution in [3.63, 3.8) is 0 Å². The number of amides is 1. The summed E-state index contributed by atoms with van der Waals surface area (Å²) in [7, 11) is 0. The number of hydrogen-bond acceptors (Lipinski definition) is 2. The van der Waals surface area contributed by atoms with Crippen LogP contribution in [0.5, 0.6) is 0 Å². The molecular formula is C16H18F5NO2. The molecule has 1 aromatic carbocycles. The Morgan fingerprint density at radius 3 is 2.17 bits per heavy atom. The molecule has 1 saturated heterocycles. The molecule has 1 aliphatic rings. The summed E-state index contributed by atoms with van der Waals surface area (Å²) in [5.74, 6) is -7.62. The molecule has 0 spiro atoms. The van der Waals surface area contributed by atoms with Crippen molar-refractivity contribution >= 4 is 11.6 Å². The number of alkyl halides is 1. The molecular weight excluding hydrogens is 333 g/mol. The number of anilines is 1. The summed E-state index contributed by atoms with van der Waals surface area (Å²) in [6, 6.07) is 0. The molecule has 134 valence electrons. The molecule has 0 saturated carbocycles. The number of rotatable bonds is 6. The summed E-state index contributed by atoms with van der Waals surface area (Å²) >= 11 is 0. The Hall–Kier alpha value is -1.70. The monoisotopic (exact) mass is 351 g/mol. The number of ether oxygens (including phenoxy) is 1. The second-order valence-corrected chi connectivity index (χ2v) is 5.74. The second kappa shape index (κ2) is 8.41. The van der Waals surface area contributed by atoms with E-state index in [9.17, 15) is 26.7 Å². The number of benzene rings is 1. The molecule has 0 bridgehead atoms. The number of hydrogen-bond donors (Lipinski definition) is 1. The maximum absolute atomic E-state index is 13.7. The van der Waals surface area contributed by atoms with Gasteiger partial charge >= 0.3 is 0 Å². The second-order valence-electron chi connectivity index (χ2n) is 5.74. The lowest BCUT2D eigenvalue weighted by molar-refractivity contribution is -0.116. The Labute approximate surface area is 136 Å². The van der Waals surface area contributed by atoms with E-state index >= 15 is 0 Å². The van der Waals surface area contributed by atoms with E-state index in [0.717, 1.165) is 19.3 Å². The minimum Gasteiger partial charge on any atom is -0.381 e. The van der Waals surface area contributed by atoms with E-state index in [1.54, 1.807) is 0 Å². The van der Waals surface area contributed by atoms with Crippen LogP contribution in [-0.4, -0.2) is 19.1 Å². The zero-order chi connectivity index (χ0) is 17.7. The molecule has 1 fully saturated rings. The summed E-state index contributed by atoms with van der Waals surface area (Å²) in [5.41, 5.74) is -2.55. The van der Waals surface area contributed by atoms with Gasteiger partial charge in [-0.2, -0.15) is 0 Å². The number of halogens is 5. The highest BCUT2D eigenvalue weighted by atomic mass is 19.2. The predicted molar refractivity (Wildman–Crippen MR) is 77.1 cm³/mol. The third-order valence-electron chi connectivity index (χ3n) is 4.11. The summed E-state index contributed by atoms with van der Waals surface area (Å²) in [4.78, 5) is 11.7. The van der Waals surface area contributed by atoms with E-state index in [4.69, 9.17) is 4.74 Å². The van der Waals surface area contributed by atoms with Crippen LogP contribution >= 0.6 is 0 Å². The van der Waals surface area contributed by atoms with Gasteiger partial charge in [0.2, 0.25) is 5.91 Å². The van der Waals surface area contributed by atoms with Crippen molar-refractivity contribution in [2.75, 3.05) is 18.5 Å². The Kier molecular flexibility index (Phi) is 6.53. The molecule has 0 aromatic heterocycles. The van der Waals surface area contributed by atoms with Gasteiger partial charge in [-0.25, -0.2) is 22.0 Å². The number of nitrogens with one attached hydrogen (secondary N) is 1. The van der Waals surface area contributed by atoms with Crippen molar-refractivity contribution in [1.29, 1.82) is 0 Å². The topological polar surface area (TPSA) is 38.3 Å². The van der Waals surface area contributed by atoms with Crippen LogP contribution in [0.25, 0.3) is 0 Å². The first kappa shape index (κ1) is 18.6. The van der Waals surface area contributed by atoms with E-state index in [1.807, 2.05) is 5.32 Å². The van der Waals surface area contributed by atoms with Crippen LogP contribution in [0.4, 0.5) is 27.6 Å². The third-order valence-corrected chi connectivity index (χ3v) is 4.11. The van der Waals surface area contributed by atoms with Gasteiger partial charge in [0.25, 0.3) is 0 Å². The Bertz CT molecular complexity index is 574. The zero-order valence-electron chi connectivity index (χ0n) is 12.9. The standard InChI is InChI=1S/C16H18F5NO2/c17-8-10-12(18)14(20)16(15(21)13(10)19)22-11(23)3-1-2-9-4-6-24-7-5-9/h9H,1-8H2,(H,22,23). The largest absolute Gasteiger partial charge is 0.381 e. The first-order valence-corrected chi connectivity index (χ1v) is 7.74. The Morgan fingerprint density at radius 1 is 1.04 bits per heavy atom. The van der Waals surface area contributed by atoms with Crippen molar-refractivity contribution < 1.29 is 31.5 Å². The first-order valence-electron chi connectivity index (χ1n) is 7.74. The van der Waals surface area contributed by atoms with Gasteiger partial charge in [-0.15, -0.1) is 0 Å². The quantitative estimate of drug-likeness (QED) is 0.615. The van der Waals surface area contributed by atoms with Gasteiger partial charge in [0.1, 0.15) is 12.4 Å². The molecule has 1 amide bonds. The maximum Gasteiger partial charge on any atom is 0.224 e. The van der Waals surface area contributed by atoms with Gasteiger partial charge in [0.15, 0.2) is 23.3 Å². The number of carbonyl (C=O) groups is 1. The molecule has 0 aliphatic carbocycles. The lowest BCUT2D eigenvalue weighted by Gasteiger charge is -2.21. The molecule has 8 heteroatoms. The SMILES string of the molecule is O=C(CCCC1CCOCC1)Nc1c(F)c(F)c(CF)c(F)c1F. The fraction of sp³-hybridized carbons (Fsp3) is 0.562. The number of carbonyl (C=O) groups excluding carboxylic acids is 1. The van der Waals surface area contributed by atoms with Crippen molar-refractivity contribution in [2.24, 2.45) is 5.92 Å². The van der Waals surface area contributed by atoms with Gasteiger partial charge in [-0.3, -0.25) is 4.79 Å². The Morgan fingerprint density at radius 2 is 1.62 bits per heavy atom. The van der Waals surface area contributed by atoms with Crippen molar-refractivity contribution in [3.8, 4) is 0 Å². The molecule has 1 aromatic rings. The highest BCUT2D eigenvalue weighted by Gasteiger charge is 2.26. The van der Waals surface area contributed by atoms with Crippen LogP contribution in [0.3, 0.4) is 0 Å². The van der Waals surface area contributed by atoms with Crippen LogP contribution in [0.2, 0.25) is 0 Å². The normalized spacial score (nSPS) is 15.5. The third kappa shape index (κ3) is 4.23. The highest BCUT2D eigenvalue weighted by Crippen LogP contribution is 2.29. The molecule has 0 atom stereocenters. The maximum atomic E-state index is 13.7. The molecule has 1 aliphatic heterocycles. The van der Waals surface area contributed by atoms with Crippen molar-refractivity contribution in [3.05, 3.63) is 28.8 Å². The van der Waals surface area contributed by atoms with Crippen molar-refractivity contribution in [1.82, 2.24) is 0 Å². The van der Waals surface area contributed by atoms with E-state index in [0.29, 0.717) is 25.6 Å². The Balaban J connectivity index is 1.96. The molecule has 1 heterocycles. The molecule has 0 radical (unpaired) electrons. The lowest BCUT2D eigenvalue weighted by atomic mass is 9.94. The summed E-state index contributed by atoms with van der Waals surface area (Å²) in [5, 5.41) is 1.83. The van der Waals surface area contributed by atoms with E-state index in [-0.39, 0.29) is 6.42 Å². The van der Waals surface area contributed by atoms with Crippen LogP contribution in [0.15, 0.2) is 0 Å². The van der Waals surface area contributed by atoms with E-state index in [2.05, 4.69) is 0 Å². The van der Waals surface area contributed by atoms with Gasteiger partial charge in [-0.1, -0.05) is 0 Å². The molecule has 24 heavy (non-hydrogen) atoms. The zero-order valence-corrected chi connectivity index (χ0v) is 12.9. The van der Waals surface area contributed by atoms with Gasteiger partial charge in [0, 0.05) is 19.6 Å². The minimum atomic E-state index is -1.84. The summed E-state index contributed by atoms with van der Waals surface area (Å²) in [6.07, 6.45) is 2.99. The van der Waals surface area contributed by atoms with E-state index < -0.39 is 47.1 Å². The average Bonchev–Trinajstić information content (AvgIpc) is 2.58. The summed E-state index contributed by atoms with van der Waals surface area (Å²) in [6.45, 7) is -0.343. The van der Waals surface area contributed by atoms with Crippen LogP contribution in [0.1, 0.15) is 37.7 Å². The van der Waals surface area contributed by atoms with Gasteiger partial charge in [-0.05, 0) is 31.6 Å².